The van der Waals surface area contributed by atoms with Crippen molar-refractivity contribution in [2.75, 3.05) is 23.7 Å². The first-order chi connectivity index (χ1) is 13.8. The van der Waals surface area contributed by atoms with Gasteiger partial charge in [0.25, 0.3) is 0 Å². The second-order valence-electron chi connectivity index (χ2n) is 6.86. The SMILES string of the molecule is O=C(Nc1cc(-c2ccnc(Nc3ccccc3)c2)ccn1)C1CCNCC1. The smallest absolute Gasteiger partial charge is 0.228 e. The predicted octanol–water partition coefficient (Wildman–Crippen LogP) is 3.83. The normalized spacial score (nSPS) is 14.4. The lowest BCUT2D eigenvalue weighted by Gasteiger charge is -2.21. The van der Waals surface area contributed by atoms with E-state index in [1.54, 1.807) is 12.4 Å². The van der Waals surface area contributed by atoms with Gasteiger partial charge >= 0.3 is 0 Å². The van der Waals surface area contributed by atoms with E-state index in [-0.39, 0.29) is 11.8 Å². The minimum absolute atomic E-state index is 0.0484. The summed E-state index contributed by atoms with van der Waals surface area (Å²) in [5, 5.41) is 9.55. The Balaban J connectivity index is 1.49. The summed E-state index contributed by atoms with van der Waals surface area (Å²) in [6, 6.07) is 17.7. The number of hydrogen-bond acceptors (Lipinski definition) is 5. The summed E-state index contributed by atoms with van der Waals surface area (Å²) in [6.45, 7) is 1.78. The summed E-state index contributed by atoms with van der Waals surface area (Å²) >= 11 is 0. The quantitative estimate of drug-likeness (QED) is 0.634. The Kier molecular flexibility index (Phi) is 5.58. The molecule has 0 unspecified atom stereocenters. The van der Waals surface area contributed by atoms with Gasteiger partial charge in [-0.15, -0.1) is 0 Å². The number of benzene rings is 1. The number of piperidine rings is 1. The summed E-state index contributed by atoms with van der Waals surface area (Å²) < 4.78 is 0. The van der Waals surface area contributed by atoms with Crippen LogP contribution in [0.1, 0.15) is 12.8 Å². The van der Waals surface area contributed by atoms with Gasteiger partial charge in [0.15, 0.2) is 0 Å². The minimum atomic E-state index is 0.0484. The van der Waals surface area contributed by atoms with E-state index in [1.165, 1.54) is 0 Å². The van der Waals surface area contributed by atoms with Crippen LogP contribution in [0.3, 0.4) is 0 Å². The van der Waals surface area contributed by atoms with Crippen LogP contribution < -0.4 is 16.0 Å². The van der Waals surface area contributed by atoms with E-state index < -0.39 is 0 Å². The molecule has 0 atom stereocenters. The van der Waals surface area contributed by atoms with E-state index in [1.807, 2.05) is 54.6 Å². The van der Waals surface area contributed by atoms with Crippen molar-refractivity contribution in [2.24, 2.45) is 5.92 Å². The van der Waals surface area contributed by atoms with Crippen LogP contribution in [-0.2, 0) is 4.79 Å². The zero-order chi connectivity index (χ0) is 19.2. The molecule has 2 aromatic heterocycles. The lowest BCUT2D eigenvalue weighted by molar-refractivity contribution is -0.120. The van der Waals surface area contributed by atoms with E-state index in [2.05, 4.69) is 25.9 Å². The van der Waals surface area contributed by atoms with Gasteiger partial charge in [-0.1, -0.05) is 18.2 Å². The van der Waals surface area contributed by atoms with Crippen molar-refractivity contribution < 1.29 is 4.79 Å². The first kappa shape index (κ1) is 18.1. The van der Waals surface area contributed by atoms with Gasteiger partial charge in [0, 0.05) is 24.0 Å². The molecule has 1 aliphatic heterocycles. The van der Waals surface area contributed by atoms with Gasteiger partial charge in [-0.3, -0.25) is 4.79 Å². The molecule has 0 aliphatic carbocycles. The van der Waals surface area contributed by atoms with Crippen molar-refractivity contribution in [1.29, 1.82) is 0 Å². The number of anilines is 3. The molecular formula is C22H23N5O. The van der Waals surface area contributed by atoms with Gasteiger partial charge in [0.05, 0.1) is 0 Å². The maximum Gasteiger partial charge on any atom is 0.228 e. The van der Waals surface area contributed by atoms with E-state index in [0.29, 0.717) is 5.82 Å². The topological polar surface area (TPSA) is 78.9 Å². The average Bonchev–Trinajstić information content (AvgIpc) is 2.75. The van der Waals surface area contributed by atoms with Crippen LogP contribution in [0.2, 0.25) is 0 Å². The maximum atomic E-state index is 12.5. The Bertz CT molecular complexity index is 938. The molecule has 3 N–H and O–H groups in total. The lowest BCUT2D eigenvalue weighted by Crippen LogP contribution is -2.34. The van der Waals surface area contributed by atoms with Gasteiger partial charge in [-0.25, -0.2) is 9.97 Å². The number of para-hydroxylation sites is 1. The summed E-state index contributed by atoms with van der Waals surface area (Å²) in [7, 11) is 0. The Morgan fingerprint density at radius 1 is 0.893 bits per heavy atom. The van der Waals surface area contributed by atoms with Crippen molar-refractivity contribution in [1.82, 2.24) is 15.3 Å². The fourth-order valence-electron chi connectivity index (χ4n) is 3.34. The molecule has 1 saturated heterocycles. The number of aromatic nitrogens is 2. The van der Waals surface area contributed by atoms with E-state index in [0.717, 1.165) is 48.6 Å². The monoisotopic (exact) mass is 373 g/mol. The van der Waals surface area contributed by atoms with E-state index in [9.17, 15) is 4.79 Å². The van der Waals surface area contributed by atoms with Crippen LogP contribution >= 0.6 is 0 Å². The third-order valence-corrected chi connectivity index (χ3v) is 4.86. The summed E-state index contributed by atoms with van der Waals surface area (Å²) in [5.74, 6) is 1.44. The first-order valence-electron chi connectivity index (χ1n) is 9.54. The van der Waals surface area contributed by atoms with E-state index >= 15 is 0 Å². The standard InChI is InChI=1S/C22H23N5O/c28-22(16-6-10-23-11-7-16)27-21-15-18(9-13-25-21)17-8-12-24-20(14-17)26-19-4-2-1-3-5-19/h1-5,8-9,12-16,23H,6-7,10-11H2,(H,24,26)(H,25,27,28). The number of amides is 1. The highest BCUT2D eigenvalue weighted by atomic mass is 16.1. The first-order valence-corrected chi connectivity index (χ1v) is 9.54. The molecule has 1 fully saturated rings. The minimum Gasteiger partial charge on any atom is -0.340 e. The number of pyridine rings is 2. The highest BCUT2D eigenvalue weighted by Crippen LogP contribution is 2.25. The Labute approximate surface area is 164 Å². The largest absolute Gasteiger partial charge is 0.340 e. The molecule has 0 bridgehead atoms. The summed E-state index contributed by atoms with van der Waals surface area (Å²) in [6.07, 6.45) is 5.22. The van der Waals surface area contributed by atoms with Crippen molar-refractivity contribution in [3.8, 4) is 11.1 Å². The average molecular weight is 373 g/mol. The molecule has 0 radical (unpaired) electrons. The second-order valence-corrected chi connectivity index (χ2v) is 6.86. The number of hydrogen-bond donors (Lipinski definition) is 3. The summed E-state index contributed by atoms with van der Waals surface area (Å²) in [4.78, 5) is 21.2. The zero-order valence-electron chi connectivity index (χ0n) is 15.6. The highest BCUT2D eigenvalue weighted by Gasteiger charge is 2.21. The Morgan fingerprint density at radius 2 is 1.54 bits per heavy atom. The predicted molar refractivity (Wildman–Crippen MR) is 111 cm³/mol. The molecule has 28 heavy (non-hydrogen) atoms. The number of rotatable bonds is 5. The van der Waals surface area contributed by atoms with Gasteiger partial charge in [0.1, 0.15) is 11.6 Å². The van der Waals surface area contributed by atoms with Crippen molar-refractivity contribution in [3.05, 3.63) is 67.0 Å². The molecular weight excluding hydrogens is 350 g/mol. The molecule has 142 valence electrons. The molecule has 3 aromatic rings. The molecule has 1 aliphatic rings. The van der Waals surface area contributed by atoms with Crippen LogP contribution in [0.4, 0.5) is 17.3 Å². The maximum absolute atomic E-state index is 12.5. The van der Waals surface area contributed by atoms with Gasteiger partial charge in [-0.2, -0.15) is 0 Å². The summed E-state index contributed by atoms with van der Waals surface area (Å²) in [5.41, 5.74) is 2.97. The number of carbonyl (C=O) groups is 1. The lowest BCUT2D eigenvalue weighted by atomic mass is 9.97. The van der Waals surface area contributed by atoms with Crippen LogP contribution in [-0.4, -0.2) is 29.0 Å². The van der Waals surface area contributed by atoms with Gasteiger partial charge in [-0.05, 0) is 73.5 Å². The third-order valence-electron chi connectivity index (χ3n) is 4.86. The molecule has 6 heteroatoms. The van der Waals surface area contributed by atoms with Crippen LogP contribution in [0.25, 0.3) is 11.1 Å². The fourth-order valence-corrected chi connectivity index (χ4v) is 3.34. The zero-order valence-corrected chi connectivity index (χ0v) is 15.6. The Morgan fingerprint density at radius 3 is 2.25 bits per heavy atom. The van der Waals surface area contributed by atoms with Crippen molar-refractivity contribution in [2.45, 2.75) is 12.8 Å². The van der Waals surface area contributed by atoms with Crippen molar-refractivity contribution in [3.63, 3.8) is 0 Å². The van der Waals surface area contributed by atoms with Gasteiger partial charge in [0.2, 0.25) is 5.91 Å². The highest BCUT2D eigenvalue weighted by molar-refractivity contribution is 5.92. The Hall–Kier alpha value is -3.25. The van der Waals surface area contributed by atoms with Gasteiger partial charge < -0.3 is 16.0 Å². The van der Waals surface area contributed by atoms with Crippen LogP contribution in [0, 0.1) is 5.92 Å². The molecule has 6 nitrogen and oxygen atoms in total. The third kappa shape index (κ3) is 4.53. The van der Waals surface area contributed by atoms with Crippen LogP contribution in [0.15, 0.2) is 67.0 Å². The van der Waals surface area contributed by atoms with Crippen molar-refractivity contribution >= 4 is 23.2 Å². The molecule has 3 heterocycles. The fraction of sp³-hybridized carbons (Fsp3) is 0.227. The van der Waals surface area contributed by atoms with Crippen LogP contribution in [0.5, 0.6) is 0 Å². The molecule has 1 amide bonds. The molecule has 4 rings (SSSR count). The van der Waals surface area contributed by atoms with E-state index in [4.69, 9.17) is 0 Å². The number of nitrogens with one attached hydrogen (secondary N) is 3. The molecule has 1 aromatic carbocycles. The second kappa shape index (κ2) is 8.63. The molecule has 0 saturated carbocycles. The molecule has 0 spiro atoms. The number of nitrogens with zero attached hydrogens (tertiary/aromatic N) is 2. The number of carbonyl (C=O) groups excluding carboxylic acids is 1.